The maximum atomic E-state index is 12.4. The van der Waals surface area contributed by atoms with Crippen molar-refractivity contribution < 1.29 is 22.7 Å². The summed E-state index contributed by atoms with van der Waals surface area (Å²) in [6.07, 6.45) is 0. The van der Waals surface area contributed by atoms with E-state index in [1.807, 2.05) is 0 Å². The van der Waals surface area contributed by atoms with Crippen molar-refractivity contribution in [1.82, 2.24) is 10.2 Å². The number of sulfone groups is 1. The SMILES string of the molecule is COc1ccc(-c2c(-c3ccc(S(=O)(=O)CCOC(C)=O)cc3)n[nH]c2Cl)cc1Cl. The first kappa shape index (κ1) is 22.1. The zero-order chi connectivity index (χ0) is 21.9. The van der Waals surface area contributed by atoms with Gasteiger partial charge in [-0.05, 0) is 29.8 Å². The molecule has 0 unspecified atom stereocenters. The van der Waals surface area contributed by atoms with E-state index in [1.165, 1.54) is 26.2 Å². The van der Waals surface area contributed by atoms with E-state index in [1.54, 1.807) is 30.3 Å². The van der Waals surface area contributed by atoms with E-state index in [0.717, 1.165) is 5.56 Å². The number of rotatable bonds is 7. The van der Waals surface area contributed by atoms with E-state index in [4.69, 9.17) is 32.7 Å². The van der Waals surface area contributed by atoms with Gasteiger partial charge in [-0.2, -0.15) is 5.10 Å². The number of hydrogen-bond donors (Lipinski definition) is 1. The van der Waals surface area contributed by atoms with Crippen LogP contribution in [0.1, 0.15) is 6.92 Å². The van der Waals surface area contributed by atoms with Crippen LogP contribution < -0.4 is 4.74 Å². The minimum atomic E-state index is -3.59. The smallest absolute Gasteiger partial charge is 0.302 e. The maximum absolute atomic E-state index is 12.4. The molecular weight excluding hydrogens is 451 g/mol. The second-order valence-electron chi connectivity index (χ2n) is 6.29. The number of carbonyl (C=O) groups is 1. The Morgan fingerprint density at radius 1 is 1.10 bits per heavy atom. The minimum Gasteiger partial charge on any atom is -0.495 e. The maximum Gasteiger partial charge on any atom is 0.302 e. The fourth-order valence-electron chi connectivity index (χ4n) is 2.85. The lowest BCUT2D eigenvalue weighted by atomic mass is 10.0. The Kier molecular flexibility index (Phi) is 6.70. The van der Waals surface area contributed by atoms with Gasteiger partial charge in [-0.1, -0.05) is 41.4 Å². The summed E-state index contributed by atoms with van der Waals surface area (Å²) >= 11 is 12.5. The van der Waals surface area contributed by atoms with Gasteiger partial charge in [0.25, 0.3) is 0 Å². The van der Waals surface area contributed by atoms with Gasteiger partial charge >= 0.3 is 5.97 Å². The Morgan fingerprint density at radius 3 is 2.37 bits per heavy atom. The van der Waals surface area contributed by atoms with Crippen LogP contribution in [-0.4, -0.2) is 44.1 Å². The summed E-state index contributed by atoms with van der Waals surface area (Å²) in [6, 6.07) is 11.5. The molecular formula is C20H18Cl2N2O5S. The van der Waals surface area contributed by atoms with E-state index in [9.17, 15) is 13.2 Å². The van der Waals surface area contributed by atoms with Crippen LogP contribution in [-0.2, 0) is 19.4 Å². The van der Waals surface area contributed by atoms with Gasteiger partial charge in [0.05, 0.1) is 22.8 Å². The largest absolute Gasteiger partial charge is 0.495 e. The molecule has 0 saturated heterocycles. The van der Waals surface area contributed by atoms with Crippen molar-refractivity contribution in [3.63, 3.8) is 0 Å². The van der Waals surface area contributed by atoms with Crippen LogP contribution in [0.25, 0.3) is 22.4 Å². The highest BCUT2D eigenvalue weighted by Crippen LogP contribution is 2.38. The average Bonchev–Trinajstić information content (AvgIpc) is 3.09. The zero-order valence-electron chi connectivity index (χ0n) is 16.1. The topological polar surface area (TPSA) is 98.4 Å². The van der Waals surface area contributed by atoms with Gasteiger partial charge in [0.2, 0.25) is 0 Å². The molecule has 3 aromatic rings. The summed E-state index contributed by atoms with van der Waals surface area (Å²) in [7, 11) is -2.06. The van der Waals surface area contributed by atoms with Gasteiger partial charge in [0, 0.05) is 18.1 Å². The van der Waals surface area contributed by atoms with Crippen LogP contribution in [0.15, 0.2) is 47.4 Å². The predicted molar refractivity (Wildman–Crippen MR) is 115 cm³/mol. The molecule has 1 aromatic heterocycles. The Hall–Kier alpha value is -2.55. The molecule has 0 amide bonds. The average molecular weight is 469 g/mol. The van der Waals surface area contributed by atoms with Gasteiger partial charge in [0.1, 0.15) is 23.2 Å². The second-order valence-corrected chi connectivity index (χ2v) is 9.19. The number of esters is 1. The normalized spacial score (nSPS) is 11.3. The number of benzene rings is 2. The van der Waals surface area contributed by atoms with Crippen molar-refractivity contribution in [3.8, 4) is 28.1 Å². The number of aromatic amines is 1. The summed E-state index contributed by atoms with van der Waals surface area (Å²) in [5, 5.41) is 7.74. The molecule has 0 aliphatic carbocycles. The van der Waals surface area contributed by atoms with E-state index < -0.39 is 15.8 Å². The minimum absolute atomic E-state index is 0.120. The first-order valence-electron chi connectivity index (χ1n) is 8.77. The lowest BCUT2D eigenvalue weighted by Gasteiger charge is -2.08. The number of halogens is 2. The Balaban J connectivity index is 1.91. The summed E-state index contributed by atoms with van der Waals surface area (Å²) in [6.45, 7) is 1.03. The summed E-state index contributed by atoms with van der Waals surface area (Å²) in [5.74, 6) is -0.289. The molecule has 158 valence electrons. The molecule has 2 aromatic carbocycles. The predicted octanol–water partition coefficient (Wildman–Crippen LogP) is 4.40. The fraction of sp³-hybridized carbons (Fsp3) is 0.200. The third-order valence-electron chi connectivity index (χ3n) is 4.31. The van der Waals surface area contributed by atoms with E-state index in [2.05, 4.69) is 10.2 Å². The van der Waals surface area contributed by atoms with Gasteiger partial charge in [-0.25, -0.2) is 8.42 Å². The first-order chi connectivity index (χ1) is 14.2. The Labute approximate surface area is 183 Å². The summed E-state index contributed by atoms with van der Waals surface area (Å²) < 4.78 is 34.7. The molecule has 0 atom stereocenters. The van der Waals surface area contributed by atoms with E-state index in [-0.39, 0.29) is 17.3 Å². The lowest BCUT2D eigenvalue weighted by molar-refractivity contribution is -0.140. The van der Waals surface area contributed by atoms with Crippen LogP contribution >= 0.6 is 23.2 Å². The highest BCUT2D eigenvalue weighted by atomic mass is 35.5. The zero-order valence-corrected chi connectivity index (χ0v) is 18.4. The first-order valence-corrected chi connectivity index (χ1v) is 11.2. The number of nitrogens with one attached hydrogen (secondary N) is 1. The second kappa shape index (κ2) is 9.07. The van der Waals surface area contributed by atoms with E-state index >= 15 is 0 Å². The molecule has 0 radical (unpaired) electrons. The Bertz CT molecular complexity index is 1170. The summed E-state index contributed by atoms with van der Waals surface area (Å²) in [5.41, 5.74) is 2.57. The number of hydrogen-bond acceptors (Lipinski definition) is 6. The standard InChI is InChI=1S/C20H18Cl2N2O5S/c1-12(25)29-9-10-30(26,27)15-6-3-13(4-7-15)19-18(20(22)24-23-19)14-5-8-17(28-2)16(21)11-14/h3-8,11H,9-10H2,1-2H3,(H,23,24). The highest BCUT2D eigenvalue weighted by molar-refractivity contribution is 7.91. The van der Waals surface area contributed by atoms with Crippen LogP contribution in [0.2, 0.25) is 10.2 Å². The molecule has 0 saturated carbocycles. The molecule has 7 nitrogen and oxygen atoms in total. The molecule has 0 fully saturated rings. The Morgan fingerprint density at radius 2 is 1.77 bits per heavy atom. The molecule has 0 bridgehead atoms. The number of aromatic nitrogens is 2. The van der Waals surface area contributed by atoms with Gasteiger partial charge in [-0.3, -0.25) is 9.89 Å². The molecule has 0 spiro atoms. The van der Waals surface area contributed by atoms with Crippen LogP contribution in [0.3, 0.4) is 0 Å². The molecule has 3 rings (SSSR count). The molecule has 1 heterocycles. The molecule has 10 heteroatoms. The highest BCUT2D eigenvalue weighted by Gasteiger charge is 2.19. The number of methoxy groups -OCH3 is 1. The quantitative estimate of drug-likeness (QED) is 0.516. The van der Waals surface area contributed by atoms with Gasteiger partial charge < -0.3 is 9.47 Å². The molecule has 0 aliphatic rings. The van der Waals surface area contributed by atoms with Crippen LogP contribution in [0.4, 0.5) is 0 Å². The third kappa shape index (κ3) is 4.77. The third-order valence-corrected chi connectivity index (χ3v) is 6.57. The molecule has 30 heavy (non-hydrogen) atoms. The van der Waals surface area contributed by atoms with Crippen molar-refractivity contribution >= 4 is 39.0 Å². The van der Waals surface area contributed by atoms with Crippen LogP contribution in [0.5, 0.6) is 5.75 Å². The van der Waals surface area contributed by atoms with Crippen LogP contribution in [0, 0.1) is 0 Å². The summed E-state index contributed by atoms with van der Waals surface area (Å²) in [4.78, 5) is 10.9. The van der Waals surface area contributed by atoms with Crippen molar-refractivity contribution in [3.05, 3.63) is 52.6 Å². The lowest BCUT2D eigenvalue weighted by Crippen LogP contribution is -2.14. The van der Waals surface area contributed by atoms with Gasteiger partial charge in [-0.15, -0.1) is 0 Å². The number of ether oxygens (including phenoxy) is 2. The number of nitrogens with zero attached hydrogens (tertiary/aromatic N) is 1. The van der Waals surface area contributed by atoms with E-state index in [0.29, 0.717) is 32.7 Å². The molecule has 0 aliphatic heterocycles. The molecule has 1 N–H and O–H groups in total. The fourth-order valence-corrected chi connectivity index (χ4v) is 4.44. The van der Waals surface area contributed by atoms with Crippen molar-refractivity contribution in [2.45, 2.75) is 11.8 Å². The number of H-pyrrole nitrogens is 1. The van der Waals surface area contributed by atoms with Crippen molar-refractivity contribution in [2.75, 3.05) is 19.5 Å². The van der Waals surface area contributed by atoms with Gasteiger partial charge in [0.15, 0.2) is 9.84 Å². The van der Waals surface area contributed by atoms with Crippen molar-refractivity contribution in [1.29, 1.82) is 0 Å². The number of carbonyl (C=O) groups excluding carboxylic acids is 1. The van der Waals surface area contributed by atoms with Crippen molar-refractivity contribution in [2.24, 2.45) is 0 Å². The monoisotopic (exact) mass is 468 g/mol.